The van der Waals surface area contributed by atoms with E-state index >= 15 is 0 Å². The molecule has 3 N–H and O–H groups in total. The summed E-state index contributed by atoms with van der Waals surface area (Å²) >= 11 is 0. The molecule has 0 bridgehead atoms. The molecule has 0 amide bonds. The molecule has 1 aromatic carbocycles. The summed E-state index contributed by atoms with van der Waals surface area (Å²) in [5.74, 6) is 1.42. The molecule has 0 radical (unpaired) electrons. The first-order valence-corrected chi connectivity index (χ1v) is 9.75. The number of halogens is 1. The van der Waals surface area contributed by atoms with Gasteiger partial charge in [-0.1, -0.05) is 6.92 Å². The zero-order valence-corrected chi connectivity index (χ0v) is 15.4. The van der Waals surface area contributed by atoms with Crippen LogP contribution in [0.1, 0.15) is 39.0 Å². The molecule has 140 valence electrons. The number of likely N-dealkylation sites (tertiary alicyclic amines) is 1. The molecule has 2 heterocycles. The molecule has 1 aromatic heterocycles. The Morgan fingerprint density at radius 1 is 1.15 bits per heavy atom. The fraction of sp³-hybridized carbons (Fsp3) is 0.600. The SMILES string of the molecule is CC1CC(N2CCC(F)CC2)CCC1Nc1ncnc2ccc(N)cc12. The largest absolute Gasteiger partial charge is 0.399 e. The molecule has 2 aromatic rings. The lowest BCUT2D eigenvalue weighted by molar-refractivity contribution is 0.0769. The monoisotopic (exact) mass is 357 g/mol. The van der Waals surface area contributed by atoms with Gasteiger partial charge in [0.05, 0.1) is 5.52 Å². The highest BCUT2D eigenvalue weighted by Crippen LogP contribution is 2.32. The van der Waals surface area contributed by atoms with Gasteiger partial charge >= 0.3 is 0 Å². The van der Waals surface area contributed by atoms with Crippen LogP contribution >= 0.6 is 0 Å². The number of nitrogens with two attached hydrogens (primary N) is 1. The molecule has 2 fully saturated rings. The number of hydrogen-bond acceptors (Lipinski definition) is 5. The van der Waals surface area contributed by atoms with Crippen molar-refractivity contribution in [2.75, 3.05) is 24.1 Å². The number of rotatable bonds is 3. The van der Waals surface area contributed by atoms with Crippen LogP contribution in [0.15, 0.2) is 24.5 Å². The number of alkyl halides is 1. The first kappa shape index (κ1) is 17.5. The predicted molar refractivity (Wildman–Crippen MR) is 104 cm³/mol. The molecule has 0 spiro atoms. The second-order valence-electron chi connectivity index (χ2n) is 7.90. The number of fused-ring (bicyclic) bond motifs is 1. The molecule has 26 heavy (non-hydrogen) atoms. The maximum atomic E-state index is 13.4. The van der Waals surface area contributed by atoms with E-state index < -0.39 is 6.17 Å². The second kappa shape index (κ2) is 7.35. The van der Waals surface area contributed by atoms with Gasteiger partial charge in [-0.3, -0.25) is 0 Å². The average Bonchev–Trinajstić information content (AvgIpc) is 2.64. The summed E-state index contributed by atoms with van der Waals surface area (Å²) in [6, 6.07) is 6.73. The van der Waals surface area contributed by atoms with E-state index in [4.69, 9.17) is 5.73 Å². The maximum Gasteiger partial charge on any atom is 0.137 e. The third-order valence-corrected chi connectivity index (χ3v) is 6.10. The van der Waals surface area contributed by atoms with E-state index in [1.807, 2.05) is 18.2 Å². The Morgan fingerprint density at radius 2 is 1.96 bits per heavy atom. The van der Waals surface area contributed by atoms with E-state index in [0.717, 1.165) is 54.8 Å². The summed E-state index contributed by atoms with van der Waals surface area (Å²) in [6.07, 6.45) is 5.82. The van der Waals surface area contributed by atoms with Crippen molar-refractivity contribution < 1.29 is 4.39 Å². The number of nitrogen functional groups attached to an aromatic ring is 1. The van der Waals surface area contributed by atoms with Gasteiger partial charge in [0.25, 0.3) is 0 Å². The van der Waals surface area contributed by atoms with Crippen LogP contribution in [-0.2, 0) is 0 Å². The van der Waals surface area contributed by atoms with Crippen LogP contribution in [0.2, 0.25) is 0 Å². The Labute approximate surface area is 154 Å². The Morgan fingerprint density at radius 3 is 2.73 bits per heavy atom. The van der Waals surface area contributed by atoms with Gasteiger partial charge < -0.3 is 16.0 Å². The van der Waals surface area contributed by atoms with Crippen LogP contribution in [0.4, 0.5) is 15.9 Å². The zero-order chi connectivity index (χ0) is 18.1. The Kier molecular flexibility index (Phi) is 4.94. The minimum Gasteiger partial charge on any atom is -0.399 e. The highest BCUT2D eigenvalue weighted by atomic mass is 19.1. The Balaban J connectivity index is 1.43. The Bertz CT molecular complexity index is 759. The van der Waals surface area contributed by atoms with E-state index in [1.165, 1.54) is 0 Å². The van der Waals surface area contributed by atoms with Crippen LogP contribution < -0.4 is 11.1 Å². The van der Waals surface area contributed by atoms with Crippen LogP contribution in [0, 0.1) is 5.92 Å². The van der Waals surface area contributed by atoms with Crippen LogP contribution in [0.5, 0.6) is 0 Å². The number of piperidine rings is 1. The fourth-order valence-electron chi connectivity index (χ4n) is 4.51. The number of anilines is 2. The normalized spacial score (nSPS) is 28.3. The summed E-state index contributed by atoms with van der Waals surface area (Å²) < 4.78 is 13.4. The fourth-order valence-corrected chi connectivity index (χ4v) is 4.51. The molecule has 6 heteroatoms. The second-order valence-corrected chi connectivity index (χ2v) is 7.90. The van der Waals surface area contributed by atoms with Crippen molar-refractivity contribution in [2.45, 2.75) is 57.3 Å². The number of benzene rings is 1. The van der Waals surface area contributed by atoms with Gasteiger partial charge in [-0.15, -0.1) is 0 Å². The molecule has 1 saturated heterocycles. The minimum absolute atomic E-state index is 0.393. The molecule has 1 aliphatic heterocycles. The third-order valence-electron chi connectivity index (χ3n) is 6.10. The van der Waals surface area contributed by atoms with Gasteiger partial charge in [0.2, 0.25) is 0 Å². The summed E-state index contributed by atoms with van der Waals surface area (Å²) in [6.45, 7) is 4.13. The molecule has 4 rings (SSSR count). The van der Waals surface area contributed by atoms with Gasteiger partial charge in [-0.25, -0.2) is 14.4 Å². The maximum absolute atomic E-state index is 13.4. The van der Waals surface area contributed by atoms with Crippen LogP contribution in [0.25, 0.3) is 10.9 Å². The highest BCUT2D eigenvalue weighted by Gasteiger charge is 2.33. The van der Waals surface area contributed by atoms with E-state index in [1.54, 1.807) is 6.33 Å². The van der Waals surface area contributed by atoms with Crippen molar-refractivity contribution in [1.29, 1.82) is 0 Å². The molecule has 1 saturated carbocycles. The van der Waals surface area contributed by atoms with E-state index in [-0.39, 0.29) is 0 Å². The standard InChI is InChI=1S/C20H28FN5/c1-13-10-16(26-8-6-14(21)7-9-26)3-5-18(13)25-20-17-11-15(22)2-4-19(17)23-12-24-20/h2,4,11-14,16,18H,3,5-10,22H2,1H3,(H,23,24,25). The molecule has 3 unspecified atom stereocenters. The van der Waals surface area contributed by atoms with Crippen LogP contribution in [0.3, 0.4) is 0 Å². The number of nitrogens with zero attached hydrogens (tertiary/aromatic N) is 3. The van der Waals surface area contributed by atoms with Gasteiger partial charge in [0.1, 0.15) is 18.3 Å². The highest BCUT2D eigenvalue weighted by molar-refractivity contribution is 5.91. The van der Waals surface area contributed by atoms with E-state index in [9.17, 15) is 4.39 Å². The van der Waals surface area contributed by atoms with Crippen molar-refractivity contribution in [1.82, 2.24) is 14.9 Å². The lowest BCUT2D eigenvalue weighted by Crippen LogP contribution is -2.47. The van der Waals surface area contributed by atoms with E-state index in [2.05, 4.69) is 27.1 Å². The zero-order valence-electron chi connectivity index (χ0n) is 15.4. The van der Waals surface area contributed by atoms with E-state index in [0.29, 0.717) is 30.8 Å². The molecular weight excluding hydrogens is 329 g/mol. The van der Waals surface area contributed by atoms with Crippen molar-refractivity contribution in [2.24, 2.45) is 5.92 Å². The smallest absolute Gasteiger partial charge is 0.137 e. The topological polar surface area (TPSA) is 67.1 Å². The summed E-state index contributed by atoms with van der Waals surface area (Å²) in [5, 5.41) is 4.62. The first-order chi connectivity index (χ1) is 12.6. The Hall–Kier alpha value is -1.95. The van der Waals surface area contributed by atoms with Crippen molar-refractivity contribution in [3.8, 4) is 0 Å². The first-order valence-electron chi connectivity index (χ1n) is 9.75. The summed E-state index contributed by atoms with van der Waals surface area (Å²) in [5.41, 5.74) is 7.58. The lowest BCUT2D eigenvalue weighted by atomic mass is 9.81. The molecule has 2 aliphatic rings. The number of nitrogens with one attached hydrogen (secondary N) is 1. The van der Waals surface area contributed by atoms with Gasteiger partial charge in [0, 0.05) is 36.2 Å². The molecular formula is C20H28FN5. The number of hydrogen-bond donors (Lipinski definition) is 2. The molecule has 1 aliphatic carbocycles. The summed E-state index contributed by atoms with van der Waals surface area (Å²) in [4.78, 5) is 11.3. The van der Waals surface area contributed by atoms with Crippen molar-refractivity contribution in [3.05, 3.63) is 24.5 Å². The summed E-state index contributed by atoms with van der Waals surface area (Å²) in [7, 11) is 0. The minimum atomic E-state index is -0.597. The van der Waals surface area contributed by atoms with Gasteiger partial charge in [-0.2, -0.15) is 0 Å². The third kappa shape index (κ3) is 3.61. The predicted octanol–water partition coefficient (Wildman–Crippen LogP) is 3.62. The number of aromatic nitrogens is 2. The van der Waals surface area contributed by atoms with Crippen molar-refractivity contribution in [3.63, 3.8) is 0 Å². The average molecular weight is 357 g/mol. The van der Waals surface area contributed by atoms with Gasteiger partial charge in [0.15, 0.2) is 0 Å². The van der Waals surface area contributed by atoms with Crippen molar-refractivity contribution >= 4 is 22.4 Å². The molecule has 3 atom stereocenters. The quantitative estimate of drug-likeness (QED) is 0.822. The molecule has 5 nitrogen and oxygen atoms in total. The van der Waals surface area contributed by atoms with Gasteiger partial charge in [-0.05, 0) is 56.2 Å². The van der Waals surface area contributed by atoms with Crippen LogP contribution in [-0.4, -0.2) is 46.2 Å². The lowest BCUT2D eigenvalue weighted by Gasteiger charge is -2.42.